The minimum absolute atomic E-state index is 0.0989. The van der Waals surface area contributed by atoms with E-state index in [-0.39, 0.29) is 30.4 Å². The SMILES string of the molecule is NCCCCNC(=O)c1cc2cc(N3CC[C@@](O)(C(=O)NCc4cc(F)cc(Cl)c4)C3=O)ccc2[nH]1. The van der Waals surface area contributed by atoms with Gasteiger partial charge in [-0.05, 0) is 67.4 Å². The average molecular weight is 516 g/mol. The van der Waals surface area contributed by atoms with Crippen molar-refractivity contribution in [3.8, 4) is 0 Å². The summed E-state index contributed by atoms with van der Waals surface area (Å²) in [5, 5.41) is 17.1. The smallest absolute Gasteiger partial charge is 0.268 e. The predicted octanol–water partition coefficient (Wildman–Crippen LogP) is 2.21. The van der Waals surface area contributed by atoms with Crippen molar-refractivity contribution in [1.29, 1.82) is 0 Å². The van der Waals surface area contributed by atoms with Crippen molar-refractivity contribution in [2.24, 2.45) is 5.73 Å². The molecule has 1 aliphatic rings. The lowest BCUT2D eigenvalue weighted by atomic mass is 10.0. The van der Waals surface area contributed by atoms with Gasteiger partial charge in [0.05, 0.1) is 0 Å². The number of amides is 3. The number of benzene rings is 2. The largest absolute Gasteiger partial charge is 0.372 e. The van der Waals surface area contributed by atoms with E-state index in [0.717, 1.165) is 18.9 Å². The van der Waals surface area contributed by atoms with Crippen LogP contribution in [0.15, 0.2) is 42.5 Å². The molecule has 2 aromatic carbocycles. The van der Waals surface area contributed by atoms with Crippen molar-refractivity contribution >= 4 is 45.9 Å². The molecule has 4 rings (SSSR count). The van der Waals surface area contributed by atoms with Gasteiger partial charge in [-0.25, -0.2) is 4.39 Å². The van der Waals surface area contributed by atoms with Gasteiger partial charge < -0.3 is 31.4 Å². The number of unbranched alkanes of at least 4 members (excludes halogenated alkanes) is 1. The van der Waals surface area contributed by atoms with Crippen LogP contribution in [0.2, 0.25) is 5.02 Å². The van der Waals surface area contributed by atoms with Crippen LogP contribution in [0.25, 0.3) is 10.9 Å². The number of rotatable bonds is 9. The number of nitrogens with two attached hydrogens (primary N) is 1. The summed E-state index contributed by atoms with van der Waals surface area (Å²) in [5.74, 6) is -2.43. The number of hydrogen-bond donors (Lipinski definition) is 5. The van der Waals surface area contributed by atoms with E-state index in [4.69, 9.17) is 17.3 Å². The van der Waals surface area contributed by atoms with Crippen LogP contribution in [-0.2, 0) is 16.1 Å². The molecule has 0 saturated carbocycles. The molecule has 0 radical (unpaired) electrons. The Bertz CT molecular complexity index is 1290. The van der Waals surface area contributed by atoms with Gasteiger partial charge in [-0.15, -0.1) is 0 Å². The summed E-state index contributed by atoms with van der Waals surface area (Å²) in [6.07, 6.45) is 1.50. The Morgan fingerprint density at radius 1 is 1.17 bits per heavy atom. The van der Waals surface area contributed by atoms with Crippen LogP contribution >= 0.6 is 11.6 Å². The number of anilines is 1. The zero-order valence-electron chi connectivity index (χ0n) is 19.4. The van der Waals surface area contributed by atoms with Crippen molar-refractivity contribution < 1.29 is 23.9 Å². The molecule has 1 atom stereocenters. The van der Waals surface area contributed by atoms with Gasteiger partial charge in [0.15, 0.2) is 0 Å². The molecule has 2 heterocycles. The highest BCUT2D eigenvalue weighted by molar-refractivity contribution is 6.30. The van der Waals surface area contributed by atoms with E-state index < -0.39 is 23.2 Å². The van der Waals surface area contributed by atoms with Crippen LogP contribution in [0, 0.1) is 5.82 Å². The molecule has 6 N–H and O–H groups in total. The summed E-state index contributed by atoms with van der Waals surface area (Å²) in [6.45, 7) is 1.11. The lowest BCUT2D eigenvalue weighted by Crippen LogP contribution is -2.52. The fraction of sp³-hybridized carbons (Fsp3) is 0.320. The molecule has 11 heteroatoms. The molecule has 9 nitrogen and oxygen atoms in total. The Hall–Kier alpha value is -3.47. The van der Waals surface area contributed by atoms with E-state index in [1.165, 1.54) is 17.0 Å². The molecule has 1 aliphatic heterocycles. The molecule has 1 saturated heterocycles. The zero-order chi connectivity index (χ0) is 25.9. The minimum atomic E-state index is -2.25. The Kier molecular flexibility index (Phi) is 7.58. The number of fused-ring (bicyclic) bond motifs is 1. The van der Waals surface area contributed by atoms with Gasteiger partial charge in [0.25, 0.3) is 17.7 Å². The number of nitrogens with one attached hydrogen (secondary N) is 3. The molecule has 190 valence electrons. The third-order valence-corrected chi connectivity index (χ3v) is 6.34. The Morgan fingerprint density at radius 3 is 2.72 bits per heavy atom. The van der Waals surface area contributed by atoms with Gasteiger partial charge in [0, 0.05) is 47.7 Å². The number of hydrogen-bond acceptors (Lipinski definition) is 5. The Morgan fingerprint density at radius 2 is 1.97 bits per heavy atom. The first-order chi connectivity index (χ1) is 17.2. The molecule has 3 amide bonds. The topological polar surface area (TPSA) is 141 Å². The normalized spacial score (nSPS) is 17.6. The lowest BCUT2D eigenvalue weighted by molar-refractivity contribution is -0.149. The molecule has 3 aromatic rings. The maximum Gasteiger partial charge on any atom is 0.268 e. The van der Waals surface area contributed by atoms with E-state index in [1.54, 1.807) is 24.3 Å². The number of carbonyl (C=O) groups excluding carboxylic acids is 3. The van der Waals surface area contributed by atoms with E-state index in [1.807, 2.05) is 0 Å². The number of aliphatic hydroxyl groups is 1. The molecule has 0 unspecified atom stereocenters. The van der Waals surface area contributed by atoms with Crippen molar-refractivity contribution in [2.75, 3.05) is 24.5 Å². The molecule has 1 aromatic heterocycles. The van der Waals surface area contributed by atoms with Crippen LogP contribution in [0.3, 0.4) is 0 Å². The Balaban J connectivity index is 1.43. The van der Waals surface area contributed by atoms with Gasteiger partial charge in [0.2, 0.25) is 5.60 Å². The first-order valence-electron chi connectivity index (χ1n) is 11.6. The maximum absolute atomic E-state index is 13.5. The average Bonchev–Trinajstić information content (AvgIpc) is 3.40. The van der Waals surface area contributed by atoms with Crippen molar-refractivity contribution in [2.45, 2.75) is 31.4 Å². The summed E-state index contributed by atoms with van der Waals surface area (Å²) in [4.78, 5) is 42.6. The van der Waals surface area contributed by atoms with Crippen molar-refractivity contribution in [3.63, 3.8) is 0 Å². The number of aromatic amines is 1. The first-order valence-corrected chi connectivity index (χ1v) is 12.0. The van der Waals surface area contributed by atoms with Gasteiger partial charge >= 0.3 is 0 Å². The second-order valence-corrected chi connectivity index (χ2v) is 9.17. The van der Waals surface area contributed by atoms with E-state index >= 15 is 0 Å². The highest BCUT2D eigenvalue weighted by Crippen LogP contribution is 2.31. The fourth-order valence-corrected chi connectivity index (χ4v) is 4.43. The summed E-state index contributed by atoms with van der Waals surface area (Å²) in [5.41, 5.74) is 5.19. The third-order valence-electron chi connectivity index (χ3n) is 6.12. The standard InChI is InChI=1S/C25H27ClFN5O4/c26-17-9-15(10-18(27)13-17)14-30-23(34)25(36)5-8-32(24(25)35)19-3-4-20-16(11-19)12-21(31-20)22(33)29-7-2-1-6-28/h3-4,9-13,31,36H,1-2,5-8,14,28H2,(H,29,33)(H,30,34)/t25-/m1/s1. The third kappa shape index (κ3) is 5.35. The maximum atomic E-state index is 13.5. The number of H-pyrrole nitrogens is 1. The lowest BCUT2D eigenvalue weighted by Gasteiger charge is -2.22. The summed E-state index contributed by atoms with van der Waals surface area (Å²) >= 11 is 5.83. The van der Waals surface area contributed by atoms with Crippen LogP contribution < -0.4 is 21.3 Å². The van der Waals surface area contributed by atoms with Gasteiger partial charge in [-0.2, -0.15) is 0 Å². The minimum Gasteiger partial charge on any atom is -0.372 e. The van der Waals surface area contributed by atoms with Crippen molar-refractivity contribution in [3.05, 3.63) is 64.6 Å². The molecular formula is C25H27ClFN5O4. The summed E-state index contributed by atoms with van der Waals surface area (Å²) < 4.78 is 13.5. The molecule has 0 aliphatic carbocycles. The molecule has 36 heavy (non-hydrogen) atoms. The van der Waals surface area contributed by atoms with Gasteiger partial charge in [-0.3, -0.25) is 14.4 Å². The van der Waals surface area contributed by atoms with Gasteiger partial charge in [-0.1, -0.05) is 11.6 Å². The number of aromatic nitrogens is 1. The first kappa shape index (κ1) is 25.6. The number of carbonyl (C=O) groups is 3. The van der Waals surface area contributed by atoms with E-state index in [2.05, 4.69) is 15.6 Å². The fourth-order valence-electron chi connectivity index (χ4n) is 4.18. The molecule has 0 spiro atoms. The van der Waals surface area contributed by atoms with Crippen LogP contribution in [0.4, 0.5) is 10.1 Å². The highest BCUT2D eigenvalue weighted by atomic mass is 35.5. The van der Waals surface area contributed by atoms with Crippen LogP contribution in [0.5, 0.6) is 0 Å². The van der Waals surface area contributed by atoms with Crippen LogP contribution in [-0.4, -0.2) is 53.0 Å². The molecular weight excluding hydrogens is 489 g/mol. The quantitative estimate of drug-likeness (QED) is 0.219. The van der Waals surface area contributed by atoms with E-state index in [0.29, 0.717) is 40.9 Å². The van der Waals surface area contributed by atoms with Gasteiger partial charge in [0.1, 0.15) is 11.5 Å². The van der Waals surface area contributed by atoms with Crippen LogP contribution in [0.1, 0.15) is 35.3 Å². The predicted molar refractivity (Wildman–Crippen MR) is 134 cm³/mol. The zero-order valence-corrected chi connectivity index (χ0v) is 20.2. The second kappa shape index (κ2) is 10.7. The number of halogens is 2. The summed E-state index contributed by atoms with van der Waals surface area (Å²) in [6, 6.07) is 10.6. The summed E-state index contributed by atoms with van der Waals surface area (Å²) in [7, 11) is 0. The Labute approximate surface area is 211 Å². The van der Waals surface area contributed by atoms with Crippen molar-refractivity contribution in [1.82, 2.24) is 15.6 Å². The second-order valence-electron chi connectivity index (χ2n) is 8.73. The highest BCUT2D eigenvalue weighted by Gasteiger charge is 2.51. The number of nitrogens with zero attached hydrogens (tertiary/aromatic N) is 1. The molecule has 1 fully saturated rings. The van der Waals surface area contributed by atoms with E-state index in [9.17, 15) is 23.9 Å². The molecule has 0 bridgehead atoms. The monoisotopic (exact) mass is 515 g/mol.